The third-order valence-corrected chi connectivity index (χ3v) is 5.11. The first-order chi connectivity index (χ1) is 10.1. The van der Waals surface area contributed by atoms with E-state index in [1.807, 2.05) is 0 Å². The first-order valence-electron chi connectivity index (χ1n) is 8.12. The van der Waals surface area contributed by atoms with E-state index in [4.69, 9.17) is 5.73 Å². The van der Waals surface area contributed by atoms with Crippen molar-refractivity contribution in [2.75, 3.05) is 19.6 Å². The molecule has 1 aromatic heterocycles. The van der Waals surface area contributed by atoms with Gasteiger partial charge in [-0.05, 0) is 50.3 Å². The summed E-state index contributed by atoms with van der Waals surface area (Å²) in [5, 5.41) is 1.34. The van der Waals surface area contributed by atoms with Gasteiger partial charge in [0.15, 0.2) is 0 Å². The smallest absolute Gasteiger partial charge is 0.0456 e. The zero-order valence-electron chi connectivity index (χ0n) is 13.2. The number of benzene rings is 1. The van der Waals surface area contributed by atoms with E-state index in [9.17, 15) is 0 Å². The molecule has 1 aromatic carbocycles. The second kappa shape index (κ2) is 5.82. The number of hydrogen-bond acceptors (Lipinski definition) is 2. The molecule has 0 aliphatic carbocycles. The van der Waals surface area contributed by atoms with Crippen molar-refractivity contribution in [3.8, 4) is 0 Å². The molecule has 1 fully saturated rings. The van der Waals surface area contributed by atoms with E-state index >= 15 is 0 Å². The molecule has 1 aliphatic rings. The van der Waals surface area contributed by atoms with Gasteiger partial charge in [-0.3, -0.25) is 4.90 Å². The average Bonchev–Trinajstić information content (AvgIpc) is 2.90. The topological polar surface area (TPSA) is 45.0 Å². The molecule has 2 unspecified atom stereocenters. The van der Waals surface area contributed by atoms with Gasteiger partial charge >= 0.3 is 0 Å². The second-order valence-corrected chi connectivity index (χ2v) is 6.93. The van der Waals surface area contributed by atoms with Crippen molar-refractivity contribution in [3.05, 3.63) is 36.0 Å². The fourth-order valence-corrected chi connectivity index (χ4v) is 3.68. The molecule has 1 aliphatic heterocycles. The van der Waals surface area contributed by atoms with Crippen LogP contribution in [0.5, 0.6) is 0 Å². The zero-order chi connectivity index (χ0) is 14.9. The van der Waals surface area contributed by atoms with Crippen molar-refractivity contribution >= 4 is 10.9 Å². The van der Waals surface area contributed by atoms with Gasteiger partial charge in [-0.25, -0.2) is 0 Å². The van der Waals surface area contributed by atoms with Crippen LogP contribution in [0.25, 0.3) is 10.9 Å². The Kier molecular flexibility index (Phi) is 4.05. The number of nitrogens with zero attached hydrogens (tertiary/aromatic N) is 1. The van der Waals surface area contributed by atoms with Crippen LogP contribution in [0.2, 0.25) is 0 Å². The molecule has 3 N–H and O–H groups in total. The number of aromatic amines is 1. The molecule has 1 saturated heterocycles. The van der Waals surface area contributed by atoms with Gasteiger partial charge in [0.1, 0.15) is 0 Å². The van der Waals surface area contributed by atoms with Crippen LogP contribution in [0.1, 0.15) is 32.3 Å². The van der Waals surface area contributed by atoms with Crippen molar-refractivity contribution in [1.29, 1.82) is 0 Å². The molecular formula is C18H27N3. The number of likely N-dealkylation sites (tertiary alicyclic amines) is 1. The Labute approximate surface area is 127 Å². The number of nitrogens with two attached hydrogens (primary N) is 1. The predicted molar refractivity (Wildman–Crippen MR) is 89.4 cm³/mol. The standard InChI is InChI=1S/C18H27N3/c1-14-6-5-9-21(12-14)18(2,13-19)10-15-11-20-17-8-4-3-7-16(15)17/h3-4,7-8,11,14,20H,5-6,9-10,12-13,19H2,1-2H3. The number of fused-ring (bicyclic) bond motifs is 1. The second-order valence-electron chi connectivity index (χ2n) is 6.93. The molecule has 2 heterocycles. The lowest BCUT2D eigenvalue weighted by atomic mass is 9.87. The van der Waals surface area contributed by atoms with Crippen LogP contribution in [0.3, 0.4) is 0 Å². The van der Waals surface area contributed by atoms with Crippen LogP contribution in [0.4, 0.5) is 0 Å². The van der Waals surface area contributed by atoms with Crippen LogP contribution in [-0.2, 0) is 6.42 Å². The van der Waals surface area contributed by atoms with Crippen molar-refractivity contribution in [2.45, 2.75) is 38.6 Å². The summed E-state index contributed by atoms with van der Waals surface area (Å²) in [4.78, 5) is 6.00. The van der Waals surface area contributed by atoms with E-state index in [1.54, 1.807) is 0 Å². The van der Waals surface area contributed by atoms with Crippen LogP contribution in [0, 0.1) is 5.92 Å². The summed E-state index contributed by atoms with van der Waals surface area (Å²) in [5.74, 6) is 0.785. The van der Waals surface area contributed by atoms with E-state index in [1.165, 1.54) is 42.4 Å². The summed E-state index contributed by atoms with van der Waals surface area (Å²) in [6.07, 6.45) is 5.82. The summed E-state index contributed by atoms with van der Waals surface area (Å²) >= 11 is 0. The van der Waals surface area contributed by atoms with Crippen molar-refractivity contribution < 1.29 is 0 Å². The molecule has 0 bridgehead atoms. The van der Waals surface area contributed by atoms with Crippen molar-refractivity contribution in [1.82, 2.24) is 9.88 Å². The minimum Gasteiger partial charge on any atom is -0.361 e. The Morgan fingerprint density at radius 2 is 2.19 bits per heavy atom. The van der Waals surface area contributed by atoms with Gasteiger partial charge in [-0.2, -0.15) is 0 Å². The molecule has 114 valence electrons. The highest BCUT2D eigenvalue weighted by Crippen LogP contribution is 2.29. The van der Waals surface area contributed by atoms with Crippen molar-refractivity contribution in [3.63, 3.8) is 0 Å². The number of para-hydroxylation sites is 1. The molecule has 2 aromatic rings. The first kappa shape index (κ1) is 14.6. The molecule has 3 nitrogen and oxygen atoms in total. The molecule has 0 saturated carbocycles. The highest BCUT2D eigenvalue weighted by Gasteiger charge is 2.33. The maximum absolute atomic E-state index is 6.19. The Hall–Kier alpha value is -1.32. The summed E-state index contributed by atoms with van der Waals surface area (Å²) in [6.45, 7) is 7.75. The Bertz CT molecular complexity index is 603. The van der Waals surface area contributed by atoms with Gasteiger partial charge in [0.25, 0.3) is 0 Å². The molecule has 3 heteroatoms. The summed E-state index contributed by atoms with van der Waals surface area (Å²) in [7, 11) is 0. The summed E-state index contributed by atoms with van der Waals surface area (Å²) in [6, 6.07) is 8.54. The van der Waals surface area contributed by atoms with Gasteiger partial charge in [0.05, 0.1) is 0 Å². The van der Waals surface area contributed by atoms with Crippen LogP contribution in [0.15, 0.2) is 30.5 Å². The van der Waals surface area contributed by atoms with Crippen LogP contribution >= 0.6 is 0 Å². The first-order valence-corrected chi connectivity index (χ1v) is 8.12. The summed E-state index contributed by atoms with van der Waals surface area (Å²) in [5.41, 5.74) is 8.85. The molecule has 21 heavy (non-hydrogen) atoms. The third kappa shape index (κ3) is 2.85. The van der Waals surface area contributed by atoms with E-state index in [2.05, 4.69) is 54.2 Å². The highest BCUT2D eigenvalue weighted by molar-refractivity contribution is 5.83. The average molecular weight is 285 g/mol. The quantitative estimate of drug-likeness (QED) is 0.906. The monoisotopic (exact) mass is 285 g/mol. The fourth-order valence-electron chi connectivity index (χ4n) is 3.68. The predicted octanol–water partition coefficient (Wildman–Crippen LogP) is 3.16. The van der Waals surface area contributed by atoms with Gasteiger partial charge in [0.2, 0.25) is 0 Å². The maximum atomic E-state index is 6.19. The molecule has 3 rings (SSSR count). The maximum Gasteiger partial charge on any atom is 0.0456 e. The van der Waals surface area contributed by atoms with E-state index in [0.717, 1.165) is 12.3 Å². The number of hydrogen-bond donors (Lipinski definition) is 2. The normalized spacial score (nSPS) is 23.3. The number of H-pyrrole nitrogens is 1. The minimum atomic E-state index is 0.0552. The van der Waals surface area contributed by atoms with Crippen molar-refractivity contribution in [2.24, 2.45) is 11.7 Å². The Morgan fingerprint density at radius 3 is 2.95 bits per heavy atom. The van der Waals surface area contributed by atoms with Gasteiger partial charge < -0.3 is 10.7 Å². The number of nitrogens with one attached hydrogen (secondary N) is 1. The largest absolute Gasteiger partial charge is 0.361 e. The lowest BCUT2D eigenvalue weighted by Crippen LogP contribution is -2.56. The number of rotatable bonds is 4. The zero-order valence-corrected chi connectivity index (χ0v) is 13.2. The number of aromatic nitrogens is 1. The molecule has 0 spiro atoms. The molecule has 0 radical (unpaired) electrons. The van der Waals surface area contributed by atoms with Gasteiger partial charge in [-0.15, -0.1) is 0 Å². The Morgan fingerprint density at radius 1 is 1.38 bits per heavy atom. The number of piperidine rings is 1. The van der Waals surface area contributed by atoms with Gasteiger partial charge in [-0.1, -0.05) is 25.1 Å². The van der Waals surface area contributed by atoms with E-state index in [-0.39, 0.29) is 5.54 Å². The molecule has 2 atom stereocenters. The fraction of sp³-hybridized carbons (Fsp3) is 0.556. The van der Waals surface area contributed by atoms with Crippen LogP contribution in [-0.4, -0.2) is 35.1 Å². The van der Waals surface area contributed by atoms with Crippen LogP contribution < -0.4 is 5.73 Å². The van der Waals surface area contributed by atoms with E-state index < -0.39 is 0 Å². The molecular weight excluding hydrogens is 258 g/mol. The minimum absolute atomic E-state index is 0.0552. The third-order valence-electron chi connectivity index (χ3n) is 5.11. The molecule has 0 amide bonds. The van der Waals surface area contributed by atoms with E-state index in [0.29, 0.717) is 6.54 Å². The lowest BCUT2D eigenvalue weighted by Gasteiger charge is -2.44. The highest BCUT2D eigenvalue weighted by atomic mass is 15.2. The Balaban J connectivity index is 1.86. The lowest BCUT2D eigenvalue weighted by molar-refractivity contribution is 0.0644. The SMILES string of the molecule is CC1CCCN(C(C)(CN)Cc2c[nH]c3ccccc23)C1. The summed E-state index contributed by atoms with van der Waals surface area (Å²) < 4.78 is 0. The van der Waals surface area contributed by atoms with Gasteiger partial charge in [0, 0.05) is 35.7 Å².